The molecule has 4 rings (SSSR count). The van der Waals surface area contributed by atoms with Gasteiger partial charge in [0.15, 0.2) is 6.10 Å². The summed E-state index contributed by atoms with van der Waals surface area (Å²) >= 11 is 0. The van der Waals surface area contributed by atoms with Crippen LogP contribution in [0.25, 0.3) is 11.1 Å². The van der Waals surface area contributed by atoms with E-state index >= 15 is 0 Å². The van der Waals surface area contributed by atoms with E-state index in [1.54, 1.807) is 19.1 Å². The van der Waals surface area contributed by atoms with Crippen LogP contribution in [0.15, 0.2) is 48.5 Å². The van der Waals surface area contributed by atoms with Crippen molar-refractivity contribution in [2.24, 2.45) is 11.3 Å². The van der Waals surface area contributed by atoms with Gasteiger partial charge in [-0.05, 0) is 81.3 Å². The normalized spacial score (nSPS) is 15.8. The molecule has 1 fully saturated rings. The van der Waals surface area contributed by atoms with E-state index in [1.807, 2.05) is 45.0 Å². The zero-order valence-corrected chi connectivity index (χ0v) is 25.5. The molecule has 1 atom stereocenters. The second-order valence-corrected chi connectivity index (χ2v) is 12.7. The molecule has 0 saturated carbocycles. The first-order chi connectivity index (χ1) is 19.8. The Balaban J connectivity index is 1.75. The Labute approximate surface area is 248 Å². The van der Waals surface area contributed by atoms with Crippen LogP contribution in [0.2, 0.25) is 0 Å². The zero-order chi connectivity index (χ0) is 30.7. The number of nitrogens with one attached hydrogen (secondary N) is 1. The Bertz CT molecular complexity index is 1380. The molecule has 226 valence electrons. The lowest BCUT2D eigenvalue weighted by molar-refractivity contribution is -0.160. The molecular weight excluding hydrogens is 535 g/mol. The number of rotatable bonds is 10. The Kier molecular flexibility index (Phi) is 9.43. The third-order valence-electron chi connectivity index (χ3n) is 7.64. The number of anilines is 2. The van der Waals surface area contributed by atoms with Crippen molar-refractivity contribution < 1.29 is 23.8 Å². The van der Waals surface area contributed by atoms with Crippen molar-refractivity contribution >= 4 is 17.5 Å². The van der Waals surface area contributed by atoms with Crippen molar-refractivity contribution in [3.8, 4) is 16.9 Å². The van der Waals surface area contributed by atoms with Gasteiger partial charge in [-0.25, -0.2) is 20.0 Å². The Morgan fingerprint density at radius 2 is 1.74 bits per heavy atom. The van der Waals surface area contributed by atoms with Gasteiger partial charge in [-0.3, -0.25) is 0 Å². The largest absolute Gasteiger partial charge is 0.493 e. The van der Waals surface area contributed by atoms with Crippen LogP contribution in [0.4, 0.5) is 15.9 Å². The van der Waals surface area contributed by atoms with Gasteiger partial charge in [-0.1, -0.05) is 38.1 Å². The third-order valence-corrected chi connectivity index (χ3v) is 7.64. The second-order valence-electron chi connectivity index (χ2n) is 12.7. The van der Waals surface area contributed by atoms with E-state index in [9.17, 15) is 14.3 Å². The highest BCUT2D eigenvalue weighted by Gasteiger charge is 2.37. The van der Waals surface area contributed by atoms with Gasteiger partial charge in [-0.15, -0.1) is 0 Å². The molecule has 4 N–H and O–H groups in total. The van der Waals surface area contributed by atoms with Crippen LogP contribution in [0.1, 0.15) is 70.4 Å². The van der Waals surface area contributed by atoms with E-state index < -0.39 is 17.7 Å². The minimum absolute atomic E-state index is 0.189. The lowest BCUT2D eigenvalue weighted by Gasteiger charge is -2.41. The molecule has 0 bridgehead atoms. The molecule has 0 radical (unpaired) electrons. The average Bonchev–Trinajstić information content (AvgIpc) is 2.92. The van der Waals surface area contributed by atoms with Crippen LogP contribution in [-0.2, 0) is 16.0 Å². The number of nitrogens with two attached hydrogens (primary N) is 1. The summed E-state index contributed by atoms with van der Waals surface area (Å²) in [7, 11) is 0. The molecule has 1 aliphatic heterocycles. The van der Waals surface area contributed by atoms with Crippen molar-refractivity contribution in [2.45, 2.75) is 72.5 Å². The quantitative estimate of drug-likeness (QED) is 0.181. The smallest absolute Gasteiger partial charge is 0.337 e. The van der Waals surface area contributed by atoms with Crippen LogP contribution < -0.4 is 20.9 Å². The van der Waals surface area contributed by atoms with Crippen LogP contribution in [0, 0.1) is 18.2 Å². The fraction of sp³-hybridized carbons (Fsp3) is 0.455. The van der Waals surface area contributed by atoms with E-state index in [0.717, 1.165) is 48.3 Å². The highest BCUT2D eigenvalue weighted by molar-refractivity contribution is 5.92. The van der Waals surface area contributed by atoms with Crippen LogP contribution in [-0.4, -0.2) is 41.4 Å². The first-order valence-corrected chi connectivity index (χ1v) is 14.4. The number of nitrogens with zero attached hydrogens (tertiary/aromatic N) is 2. The molecule has 1 saturated heterocycles. The molecule has 8 nitrogen and oxygen atoms in total. The summed E-state index contributed by atoms with van der Waals surface area (Å²) in [6.45, 7) is 13.8. The number of aryl methyl sites for hydroxylation is 1. The number of ether oxygens (including phenoxy) is 2. The molecule has 9 heteroatoms. The molecule has 0 aliphatic carbocycles. The Morgan fingerprint density at radius 1 is 1.12 bits per heavy atom. The topological polar surface area (TPSA) is 110 Å². The van der Waals surface area contributed by atoms with Gasteiger partial charge < -0.3 is 24.9 Å². The minimum Gasteiger partial charge on any atom is -0.493 e. The number of halogens is 1. The molecule has 42 heavy (non-hydrogen) atoms. The monoisotopic (exact) mass is 578 g/mol. The fourth-order valence-corrected chi connectivity index (χ4v) is 5.30. The van der Waals surface area contributed by atoms with Crippen molar-refractivity contribution in [1.82, 2.24) is 4.98 Å². The maximum Gasteiger partial charge on any atom is 0.337 e. The zero-order valence-electron chi connectivity index (χ0n) is 25.5. The molecule has 2 aromatic carbocycles. The van der Waals surface area contributed by atoms with Crippen molar-refractivity contribution in [2.75, 3.05) is 30.0 Å². The number of carboxylic acid groups (broad SMARTS) is 1. The van der Waals surface area contributed by atoms with Crippen molar-refractivity contribution in [1.29, 1.82) is 0 Å². The fourth-order valence-electron chi connectivity index (χ4n) is 5.30. The van der Waals surface area contributed by atoms with Gasteiger partial charge >= 0.3 is 5.97 Å². The lowest BCUT2D eigenvalue weighted by atomic mass is 9.82. The highest BCUT2D eigenvalue weighted by Crippen LogP contribution is 2.46. The van der Waals surface area contributed by atoms with Gasteiger partial charge in [0, 0.05) is 36.3 Å². The summed E-state index contributed by atoms with van der Waals surface area (Å²) in [5.41, 5.74) is 6.63. The molecule has 1 aromatic heterocycles. The summed E-state index contributed by atoms with van der Waals surface area (Å²) in [5, 5.41) is 10.4. The van der Waals surface area contributed by atoms with Gasteiger partial charge in [0.25, 0.3) is 0 Å². The molecular formula is C33H43FN4O4. The number of pyridine rings is 1. The Morgan fingerprint density at radius 3 is 2.29 bits per heavy atom. The standard InChI is InChI=1S/C33H43FN4O4/c1-21-26(29(31(39)40)42-32(2,3)4)28(38-18-16-33(5,6)17-19-38)27(30(36-21)37-35)23-9-13-25(14-10-23)41-20-15-22-7-11-24(34)12-8-22/h7-14,29H,15-20,35H2,1-6H3,(H,36,37)(H,39,40). The van der Waals surface area contributed by atoms with E-state index in [1.165, 1.54) is 12.1 Å². The van der Waals surface area contributed by atoms with Crippen LogP contribution >= 0.6 is 0 Å². The number of aromatic nitrogens is 1. The second kappa shape index (κ2) is 12.7. The SMILES string of the molecule is Cc1nc(NN)c(-c2ccc(OCCc3ccc(F)cc3)cc2)c(N2CCC(C)(C)CC2)c1C(OC(C)(C)C)C(=O)O. The lowest BCUT2D eigenvalue weighted by Crippen LogP contribution is -2.39. The predicted octanol–water partition coefficient (Wildman–Crippen LogP) is 6.67. The van der Waals surface area contributed by atoms with Gasteiger partial charge in [0.2, 0.25) is 0 Å². The first kappa shape index (κ1) is 31.3. The minimum atomic E-state index is -1.22. The number of carbonyl (C=O) groups is 1. The number of carboxylic acids is 1. The molecule has 3 aromatic rings. The van der Waals surface area contributed by atoms with E-state index in [4.69, 9.17) is 20.3 Å². The number of hydrogen-bond donors (Lipinski definition) is 3. The Hall–Kier alpha value is -3.69. The summed E-state index contributed by atoms with van der Waals surface area (Å²) in [5.74, 6) is 5.83. The van der Waals surface area contributed by atoms with Gasteiger partial charge in [0.1, 0.15) is 17.4 Å². The average molecular weight is 579 g/mol. The maximum absolute atomic E-state index is 13.2. The molecule has 2 heterocycles. The number of nitrogen functional groups attached to an aromatic ring is 1. The summed E-state index contributed by atoms with van der Waals surface area (Å²) in [6.07, 6.45) is 1.34. The number of piperidine rings is 1. The highest BCUT2D eigenvalue weighted by atomic mass is 19.1. The number of benzene rings is 2. The van der Waals surface area contributed by atoms with E-state index in [-0.39, 0.29) is 11.2 Å². The summed E-state index contributed by atoms with van der Waals surface area (Å²) < 4.78 is 25.3. The van der Waals surface area contributed by atoms with Gasteiger partial charge in [-0.2, -0.15) is 0 Å². The van der Waals surface area contributed by atoms with Gasteiger partial charge in [0.05, 0.1) is 17.9 Å². The van der Waals surface area contributed by atoms with Crippen LogP contribution in [0.5, 0.6) is 5.75 Å². The predicted molar refractivity (Wildman–Crippen MR) is 164 cm³/mol. The third kappa shape index (κ3) is 7.57. The van der Waals surface area contributed by atoms with E-state index in [2.05, 4.69) is 24.2 Å². The molecule has 1 unspecified atom stereocenters. The van der Waals surface area contributed by atoms with Crippen molar-refractivity contribution in [3.63, 3.8) is 0 Å². The number of hydrogen-bond acceptors (Lipinski definition) is 7. The number of aliphatic carboxylic acids is 1. The molecule has 0 amide bonds. The number of hydrazine groups is 1. The molecule has 0 spiro atoms. The molecule has 1 aliphatic rings. The summed E-state index contributed by atoms with van der Waals surface area (Å²) in [6, 6.07) is 14.0. The first-order valence-electron chi connectivity index (χ1n) is 14.4. The van der Waals surface area contributed by atoms with Crippen LogP contribution in [0.3, 0.4) is 0 Å². The van der Waals surface area contributed by atoms with E-state index in [0.29, 0.717) is 35.9 Å². The maximum atomic E-state index is 13.2. The van der Waals surface area contributed by atoms with Crippen molar-refractivity contribution in [3.05, 3.63) is 71.2 Å². The summed E-state index contributed by atoms with van der Waals surface area (Å²) in [4.78, 5) is 19.7.